The molecular weight excluding hydrogens is 248 g/mol. The lowest BCUT2D eigenvalue weighted by molar-refractivity contribution is 0.415. The van der Waals surface area contributed by atoms with Crippen LogP contribution in [0, 0.1) is 0 Å². The number of benzene rings is 1. The van der Waals surface area contributed by atoms with Gasteiger partial charge in [0.15, 0.2) is 0 Å². The van der Waals surface area contributed by atoms with E-state index in [1.807, 2.05) is 12.1 Å². The lowest BCUT2D eigenvalue weighted by atomic mass is 10.0. The van der Waals surface area contributed by atoms with Gasteiger partial charge in [-0.15, -0.1) is 0 Å². The minimum Gasteiger partial charge on any atom is -0.494 e. The fourth-order valence-corrected chi connectivity index (χ4v) is 2.18. The van der Waals surface area contributed by atoms with Crippen molar-refractivity contribution in [3.8, 4) is 17.0 Å². The van der Waals surface area contributed by atoms with Gasteiger partial charge >= 0.3 is 0 Å². The summed E-state index contributed by atoms with van der Waals surface area (Å²) < 4.78 is 5.36. The van der Waals surface area contributed by atoms with Crippen molar-refractivity contribution < 1.29 is 4.74 Å². The molecule has 1 aromatic heterocycles. The molecule has 0 radical (unpaired) electrons. The summed E-state index contributed by atoms with van der Waals surface area (Å²) in [4.78, 5) is 4.40. The van der Waals surface area contributed by atoms with Gasteiger partial charge in [-0.3, -0.25) is 4.98 Å². The van der Waals surface area contributed by atoms with Crippen molar-refractivity contribution in [1.29, 1.82) is 0 Å². The van der Waals surface area contributed by atoms with Crippen molar-refractivity contribution in [3.63, 3.8) is 0 Å². The SMILES string of the molecule is CCCNC(C)c1ccc(-c2ncccc2OC)cc1. The molecule has 106 valence electrons. The molecule has 1 unspecified atom stereocenters. The second-order valence-corrected chi connectivity index (χ2v) is 4.85. The van der Waals surface area contributed by atoms with Crippen LogP contribution >= 0.6 is 0 Å². The third kappa shape index (κ3) is 3.36. The number of nitrogens with one attached hydrogen (secondary N) is 1. The summed E-state index contributed by atoms with van der Waals surface area (Å²) in [7, 11) is 1.67. The molecule has 1 N–H and O–H groups in total. The lowest BCUT2D eigenvalue weighted by Crippen LogP contribution is -2.19. The minimum absolute atomic E-state index is 0.370. The third-order valence-electron chi connectivity index (χ3n) is 3.38. The summed E-state index contributed by atoms with van der Waals surface area (Å²) in [6.45, 7) is 5.40. The van der Waals surface area contributed by atoms with Crippen LogP contribution in [-0.4, -0.2) is 18.6 Å². The predicted molar refractivity (Wildman–Crippen MR) is 82.9 cm³/mol. The largest absolute Gasteiger partial charge is 0.494 e. The van der Waals surface area contributed by atoms with E-state index in [1.165, 1.54) is 5.56 Å². The molecule has 0 aliphatic rings. The van der Waals surface area contributed by atoms with E-state index in [2.05, 4.69) is 48.4 Å². The summed E-state index contributed by atoms with van der Waals surface area (Å²) in [5, 5.41) is 3.49. The van der Waals surface area contributed by atoms with Crippen molar-refractivity contribution in [3.05, 3.63) is 48.2 Å². The van der Waals surface area contributed by atoms with E-state index in [0.717, 1.165) is 30.0 Å². The zero-order valence-corrected chi connectivity index (χ0v) is 12.4. The van der Waals surface area contributed by atoms with Crippen LogP contribution in [0.15, 0.2) is 42.6 Å². The summed E-state index contributed by atoms with van der Waals surface area (Å²) >= 11 is 0. The zero-order valence-electron chi connectivity index (χ0n) is 12.4. The minimum atomic E-state index is 0.370. The fraction of sp³-hybridized carbons (Fsp3) is 0.353. The summed E-state index contributed by atoms with van der Waals surface area (Å²) in [6.07, 6.45) is 2.94. The van der Waals surface area contributed by atoms with Gasteiger partial charge in [0, 0.05) is 17.8 Å². The van der Waals surface area contributed by atoms with E-state index in [-0.39, 0.29) is 0 Å². The second kappa shape index (κ2) is 7.06. The van der Waals surface area contributed by atoms with Crippen LogP contribution in [0.5, 0.6) is 5.75 Å². The highest BCUT2D eigenvalue weighted by atomic mass is 16.5. The average Bonchev–Trinajstić information content (AvgIpc) is 2.52. The molecule has 0 saturated carbocycles. The highest BCUT2D eigenvalue weighted by Gasteiger charge is 2.08. The van der Waals surface area contributed by atoms with Gasteiger partial charge in [0.05, 0.1) is 7.11 Å². The summed E-state index contributed by atoms with van der Waals surface area (Å²) in [5.41, 5.74) is 3.25. The molecular formula is C17H22N2O. The highest BCUT2D eigenvalue weighted by molar-refractivity contribution is 5.66. The van der Waals surface area contributed by atoms with Gasteiger partial charge in [0.2, 0.25) is 0 Å². The molecule has 1 heterocycles. The Balaban J connectivity index is 2.19. The molecule has 2 rings (SSSR count). The maximum absolute atomic E-state index is 5.36. The Morgan fingerprint density at radius 2 is 1.95 bits per heavy atom. The molecule has 1 atom stereocenters. The molecule has 0 aliphatic heterocycles. The van der Waals surface area contributed by atoms with Crippen LogP contribution in [0.25, 0.3) is 11.3 Å². The number of ether oxygens (including phenoxy) is 1. The monoisotopic (exact) mass is 270 g/mol. The summed E-state index contributed by atoms with van der Waals surface area (Å²) in [5.74, 6) is 0.803. The quantitative estimate of drug-likeness (QED) is 0.866. The number of aromatic nitrogens is 1. The van der Waals surface area contributed by atoms with Crippen molar-refractivity contribution >= 4 is 0 Å². The lowest BCUT2D eigenvalue weighted by Gasteiger charge is -2.14. The molecule has 3 heteroatoms. The Morgan fingerprint density at radius 3 is 2.60 bits per heavy atom. The van der Waals surface area contributed by atoms with Gasteiger partial charge in [0.25, 0.3) is 0 Å². The Labute approximate surface area is 121 Å². The highest BCUT2D eigenvalue weighted by Crippen LogP contribution is 2.28. The van der Waals surface area contributed by atoms with E-state index in [9.17, 15) is 0 Å². The van der Waals surface area contributed by atoms with Crippen molar-refractivity contribution in [2.45, 2.75) is 26.3 Å². The van der Waals surface area contributed by atoms with Gasteiger partial charge in [-0.05, 0) is 37.6 Å². The maximum atomic E-state index is 5.36. The first-order valence-corrected chi connectivity index (χ1v) is 7.09. The smallest absolute Gasteiger partial charge is 0.145 e. The standard InChI is InChI=1S/C17H22N2O/c1-4-11-18-13(2)14-7-9-15(10-8-14)17-16(20-3)6-5-12-19-17/h5-10,12-13,18H,4,11H2,1-3H3. The van der Waals surface area contributed by atoms with Crippen molar-refractivity contribution in [2.24, 2.45) is 0 Å². The Kier molecular flexibility index (Phi) is 5.13. The van der Waals surface area contributed by atoms with Crippen LogP contribution in [-0.2, 0) is 0 Å². The van der Waals surface area contributed by atoms with Crippen molar-refractivity contribution in [2.75, 3.05) is 13.7 Å². The first-order valence-electron chi connectivity index (χ1n) is 7.09. The molecule has 0 bridgehead atoms. The predicted octanol–water partition coefficient (Wildman–Crippen LogP) is 3.82. The van der Waals surface area contributed by atoms with Crippen LogP contribution in [0.3, 0.4) is 0 Å². The molecule has 2 aromatic rings. The van der Waals surface area contributed by atoms with Crippen LogP contribution < -0.4 is 10.1 Å². The number of pyridine rings is 1. The molecule has 0 spiro atoms. The number of methoxy groups -OCH3 is 1. The van der Waals surface area contributed by atoms with Crippen LogP contribution in [0.2, 0.25) is 0 Å². The third-order valence-corrected chi connectivity index (χ3v) is 3.38. The van der Waals surface area contributed by atoms with Crippen molar-refractivity contribution in [1.82, 2.24) is 10.3 Å². The maximum Gasteiger partial charge on any atom is 0.145 e. The molecule has 0 aliphatic carbocycles. The van der Waals surface area contributed by atoms with E-state index in [4.69, 9.17) is 4.74 Å². The number of rotatable bonds is 6. The Morgan fingerprint density at radius 1 is 1.20 bits per heavy atom. The fourth-order valence-electron chi connectivity index (χ4n) is 2.18. The van der Waals surface area contributed by atoms with Gasteiger partial charge in [-0.25, -0.2) is 0 Å². The van der Waals surface area contributed by atoms with Gasteiger partial charge < -0.3 is 10.1 Å². The first-order chi connectivity index (χ1) is 9.76. The zero-order chi connectivity index (χ0) is 14.4. The van der Waals surface area contributed by atoms with E-state index < -0.39 is 0 Å². The molecule has 1 aromatic carbocycles. The molecule has 3 nitrogen and oxygen atoms in total. The first kappa shape index (κ1) is 14.5. The number of nitrogens with zero attached hydrogens (tertiary/aromatic N) is 1. The molecule has 0 fully saturated rings. The Hall–Kier alpha value is -1.87. The van der Waals surface area contributed by atoms with Gasteiger partial charge in [-0.1, -0.05) is 31.2 Å². The average molecular weight is 270 g/mol. The Bertz CT molecular complexity index is 537. The van der Waals surface area contributed by atoms with Gasteiger partial charge in [-0.2, -0.15) is 0 Å². The van der Waals surface area contributed by atoms with Crippen LogP contribution in [0.1, 0.15) is 31.9 Å². The van der Waals surface area contributed by atoms with Gasteiger partial charge in [0.1, 0.15) is 11.4 Å². The van der Waals surface area contributed by atoms with E-state index in [0.29, 0.717) is 6.04 Å². The summed E-state index contributed by atoms with van der Waals surface area (Å²) in [6, 6.07) is 12.7. The van der Waals surface area contributed by atoms with Crippen LogP contribution in [0.4, 0.5) is 0 Å². The van der Waals surface area contributed by atoms with E-state index >= 15 is 0 Å². The number of hydrogen-bond donors (Lipinski definition) is 1. The molecule has 0 saturated heterocycles. The second-order valence-electron chi connectivity index (χ2n) is 4.85. The molecule has 20 heavy (non-hydrogen) atoms. The van der Waals surface area contributed by atoms with E-state index in [1.54, 1.807) is 13.3 Å². The normalized spacial score (nSPS) is 12.2. The number of hydrogen-bond acceptors (Lipinski definition) is 3. The molecule has 0 amide bonds. The topological polar surface area (TPSA) is 34.2 Å².